The number of hydrogen-bond donors (Lipinski definition) is 0. The second-order valence-electron chi connectivity index (χ2n) is 5.31. The van der Waals surface area contributed by atoms with Crippen LogP contribution in [0.4, 0.5) is 0 Å². The van der Waals surface area contributed by atoms with E-state index in [0.29, 0.717) is 6.61 Å². The van der Waals surface area contributed by atoms with Crippen molar-refractivity contribution < 1.29 is 9.47 Å². The maximum absolute atomic E-state index is 6.22. The summed E-state index contributed by atoms with van der Waals surface area (Å²) >= 11 is 0. The number of nitrogens with zero attached hydrogens (tertiary/aromatic N) is 2. The van der Waals surface area contributed by atoms with Gasteiger partial charge in [-0.25, -0.2) is 4.98 Å². The van der Waals surface area contributed by atoms with Gasteiger partial charge in [-0.3, -0.25) is 0 Å². The lowest BCUT2D eigenvalue weighted by Gasteiger charge is -2.20. The summed E-state index contributed by atoms with van der Waals surface area (Å²) in [7, 11) is 3.64. The van der Waals surface area contributed by atoms with Crippen molar-refractivity contribution in [1.29, 1.82) is 0 Å². The van der Waals surface area contributed by atoms with E-state index in [1.54, 1.807) is 13.3 Å². The largest absolute Gasteiger partial charge is 0.496 e. The summed E-state index contributed by atoms with van der Waals surface area (Å²) in [6.07, 6.45) is 3.42. The number of aromatic nitrogens is 2. The van der Waals surface area contributed by atoms with Gasteiger partial charge in [0, 0.05) is 25.0 Å². The molecule has 0 bridgehead atoms. The minimum absolute atomic E-state index is 0.286. The molecule has 3 rings (SSSR count). The van der Waals surface area contributed by atoms with Crippen molar-refractivity contribution in [1.82, 2.24) is 9.55 Å². The Balaban J connectivity index is 1.93. The Bertz CT molecular complexity index is 753. The van der Waals surface area contributed by atoms with E-state index in [0.717, 1.165) is 22.7 Å². The summed E-state index contributed by atoms with van der Waals surface area (Å²) < 4.78 is 13.7. The van der Waals surface area contributed by atoms with Crippen LogP contribution in [0.15, 0.2) is 67.0 Å². The normalized spacial score (nSPS) is 12.1. The van der Waals surface area contributed by atoms with Gasteiger partial charge in [-0.2, -0.15) is 0 Å². The first-order valence-corrected chi connectivity index (χ1v) is 7.55. The molecule has 0 aliphatic rings. The second-order valence-corrected chi connectivity index (χ2v) is 5.31. The molecule has 0 amide bonds. The van der Waals surface area contributed by atoms with Crippen molar-refractivity contribution in [2.75, 3.05) is 7.11 Å². The van der Waals surface area contributed by atoms with Crippen molar-refractivity contribution in [3.8, 4) is 5.75 Å². The lowest BCUT2D eigenvalue weighted by atomic mass is 10.1. The van der Waals surface area contributed by atoms with Gasteiger partial charge in [0.05, 0.1) is 13.7 Å². The van der Waals surface area contributed by atoms with Crippen LogP contribution in [0.5, 0.6) is 5.75 Å². The molecular formula is C19H20N2O2. The molecule has 1 aromatic heterocycles. The van der Waals surface area contributed by atoms with E-state index >= 15 is 0 Å². The molecule has 0 spiro atoms. The molecule has 1 unspecified atom stereocenters. The zero-order chi connectivity index (χ0) is 16.1. The van der Waals surface area contributed by atoms with E-state index in [1.807, 2.05) is 60.3 Å². The van der Waals surface area contributed by atoms with Crippen LogP contribution in [-0.4, -0.2) is 16.7 Å². The average molecular weight is 308 g/mol. The molecule has 23 heavy (non-hydrogen) atoms. The fourth-order valence-corrected chi connectivity index (χ4v) is 2.57. The first kappa shape index (κ1) is 15.3. The zero-order valence-corrected chi connectivity index (χ0v) is 13.3. The summed E-state index contributed by atoms with van der Waals surface area (Å²) in [6.45, 7) is 0.510. The summed E-state index contributed by atoms with van der Waals surface area (Å²) in [5, 5.41) is 0. The summed E-state index contributed by atoms with van der Waals surface area (Å²) in [6, 6.07) is 18.0. The Labute approximate surface area is 136 Å². The zero-order valence-electron chi connectivity index (χ0n) is 13.3. The number of rotatable bonds is 6. The Morgan fingerprint density at radius 3 is 2.48 bits per heavy atom. The highest BCUT2D eigenvalue weighted by atomic mass is 16.5. The number of imidazole rings is 1. The van der Waals surface area contributed by atoms with Gasteiger partial charge in [-0.1, -0.05) is 48.5 Å². The van der Waals surface area contributed by atoms with Crippen molar-refractivity contribution in [3.05, 3.63) is 83.9 Å². The molecule has 0 fully saturated rings. The van der Waals surface area contributed by atoms with E-state index in [-0.39, 0.29) is 6.10 Å². The summed E-state index contributed by atoms with van der Waals surface area (Å²) in [5.41, 5.74) is 2.10. The summed E-state index contributed by atoms with van der Waals surface area (Å²) in [5.74, 6) is 1.65. The van der Waals surface area contributed by atoms with Gasteiger partial charge in [-0.15, -0.1) is 0 Å². The Morgan fingerprint density at radius 2 is 1.78 bits per heavy atom. The van der Waals surface area contributed by atoms with E-state index < -0.39 is 0 Å². The third-order valence-electron chi connectivity index (χ3n) is 3.77. The standard InChI is InChI=1S/C19H20N2O2/c1-21-13-12-20-19(21)18(16-10-6-7-11-17(16)22-2)23-14-15-8-4-3-5-9-15/h3-13,18H,14H2,1-2H3. The average Bonchev–Trinajstić information content (AvgIpc) is 3.02. The topological polar surface area (TPSA) is 36.3 Å². The van der Waals surface area contributed by atoms with Gasteiger partial charge >= 0.3 is 0 Å². The van der Waals surface area contributed by atoms with Gasteiger partial charge in [0.2, 0.25) is 0 Å². The van der Waals surface area contributed by atoms with Gasteiger partial charge in [0.15, 0.2) is 0 Å². The number of methoxy groups -OCH3 is 1. The van der Waals surface area contributed by atoms with Crippen molar-refractivity contribution >= 4 is 0 Å². The van der Waals surface area contributed by atoms with Crippen LogP contribution in [0.3, 0.4) is 0 Å². The molecule has 0 saturated heterocycles. The molecule has 1 atom stereocenters. The maximum atomic E-state index is 6.22. The molecule has 3 aromatic rings. The van der Waals surface area contributed by atoms with Crippen molar-refractivity contribution in [3.63, 3.8) is 0 Å². The molecule has 0 aliphatic heterocycles. The smallest absolute Gasteiger partial charge is 0.144 e. The maximum Gasteiger partial charge on any atom is 0.144 e. The van der Waals surface area contributed by atoms with Crippen LogP contribution < -0.4 is 4.74 Å². The van der Waals surface area contributed by atoms with Crippen molar-refractivity contribution in [2.24, 2.45) is 7.05 Å². The Morgan fingerprint density at radius 1 is 1.04 bits per heavy atom. The fraction of sp³-hybridized carbons (Fsp3) is 0.211. The van der Waals surface area contributed by atoms with E-state index in [1.165, 1.54) is 0 Å². The third-order valence-corrected chi connectivity index (χ3v) is 3.77. The van der Waals surface area contributed by atoms with Crippen LogP contribution in [0, 0.1) is 0 Å². The summed E-state index contributed by atoms with van der Waals surface area (Å²) in [4.78, 5) is 4.46. The first-order valence-electron chi connectivity index (χ1n) is 7.55. The van der Waals surface area contributed by atoms with Gasteiger partial charge in [0.25, 0.3) is 0 Å². The Kier molecular flexibility index (Phi) is 4.74. The van der Waals surface area contributed by atoms with Crippen LogP contribution in [0.25, 0.3) is 0 Å². The van der Waals surface area contributed by atoms with Gasteiger partial charge in [0.1, 0.15) is 17.7 Å². The van der Waals surface area contributed by atoms with Crippen LogP contribution in [0.2, 0.25) is 0 Å². The predicted octanol–water partition coefficient (Wildman–Crippen LogP) is 3.73. The van der Waals surface area contributed by atoms with Crippen LogP contribution in [-0.2, 0) is 18.4 Å². The van der Waals surface area contributed by atoms with Crippen LogP contribution in [0.1, 0.15) is 23.1 Å². The molecule has 0 saturated carbocycles. The first-order chi connectivity index (χ1) is 11.3. The third kappa shape index (κ3) is 3.43. The Hall–Kier alpha value is -2.59. The van der Waals surface area contributed by atoms with E-state index in [2.05, 4.69) is 17.1 Å². The molecule has 1 heterocycles. The van der Waals surface area contributed by atoms with E-state index in [4.69, 9.17) is 9.47 Å². The number of hydrogen-bond acceptors (Lipinski definition) is 3. The highest BCUT2D eigenvalue weighted by Crippen LogP contribution is 2.32. The minimum Gasteiger partial charge on any atom is -0.496 e. The molecule has 0 N–H and O–H groups in total. The van der Waals surface area contributed by atoms with Gasteiger partial charge < -0.3 is 14.0 Å². The highest BCUT2D eigenvalue weighted by molar-refractivity contribution is 5.38. The van der Waals surface area contributed by atoms with Crippen molar-refractivity contribution in [2.45, 2.75) is 12.7 Å². The fourth-order valence-electron chi connectivity index (χ4n) is 2.57. The van der Waals surface area contributed by atoms with E-state index in [9.17, 15) is 0 Å². The lowest BCUT2D eigenvalue weighted by Crippen LogP contribution is -2.13. The molecule has 4 nitrogen and oxygen atoms in total. The predicted molar refractivity (Wildman–Crippen MR) is 89.3 cm³/mol. The monoisotopic (exact) mass is 308 g/mol. The highest BCUT2D eigenvalue weighted by Gasteiger charge is 2.22. The number of ether oxygens (including phenoxy) is 2. The quantitative estimate of drug-likeness (QED) is 0.696. The molecule has 0 aliphatic carbocycles. The number of aryl methyl sites for hydroxylation is 1. The second kappa shape index (κ2) is 7.11. The van der Waals surface area contributed by atoms with Gasteiger partial charge in [-0.05, 0) is 11.6 Å². The number of benzene rings is 2. The lowest BCUT2D eigenvalue weighted by molar-refractivity contribution is 0.0577. The molecule has 118 valence electrons. The van der Waals surface area contributed by atoms with Crippen LogP contribution >= 0.6 is 0 Å². The molecule has 0 radical (unpaired) electrons. The number of para-hydroxylation sites is 1. The molecule has 4 heteroatoms. The minimum atomic E-state index is -0.286. The SMILES string of the molecule is COc1ccccc1C(OCc1ccccc1)c1nccn1C. The molecular weight excluding hydrogens is 288 g/mol. The molecule has 2 aromatic carbocycles.